The number of benzene rings is 1. The van der Waals surface area contributed by atoms with E-state index in [9.17, 15) is 14.0 Å². The minimum absolute atomic E-state index is 0.0724. The highest BCUT2D eigenvalue weighted by Crippen LogP contribution is 2.01. The van der Waals surface area contributed by atoms with Crippen LogP contribution in [-0.2, 0) is 16.1 Å². The summed E-state index contributed by atoms with van der Waals surface area (Å²) >= 11 is 0. The molecule has 7 heteroatoms. The molecule has 1 atom stereocenters. The molecule has 0 bridgehead atoms. The van der Waals surface area contributed by atoms with Crippen LogP contribution >= 0.6 is 0 Å². The predicted octanol–water partition coefficient (Wildman–Crippen LogP) is 1.25. The van der Waals surface area contributed by atoms with Crippen molar-refractivity contribution in [1.82, 2.24) is 16.2 Å². The smallest absolute Gasteiger partial charge is 0.408 e. The van der Waals surface area contributed by atoms with Gasteiger partial charge in [0.2, 0.25) is 0 Å². The fourth-order valence-electron chi connectivity index (χ4n) is 1.36. The van der Waals surface area contributed by atoms with Gasteiger partial charge in [-0.15, -0.1) is 0 Å². The normalized spacial score (nSPS) is 11.3. The van der Waals surface area contributed by atoms with Crippen molar-refractivity contribution in [2.24, 2.45) is 0 Å². The standard InChI is InChI=1S/C14H18FN3O3/c1-3-8-21-14(20)17-10(2)13(19)18-16-9-11-4-6-12(15)7-5-11/h3-7,10,16H,1,8-9H2,2H3,(H,17,20)(H,18,19)/t10-/m0/s1. The van der Waals surface area contributed by atoms with E-state index in [-0.39, 0.29) is 12.4 Å². The summed E-state index contributed by atoms with van der Waals surface area (Å²) in [5.41, 5.74) is 5.93. The number of hydrogen-bond acceptors (Lipinski definition) is 4. The molecule has 0 aliphatic carbocycles. The molecule has 21 heavy (non-hydrogen) atoms. The van der Waals surface area contributed by atoms with Crippen molar-refractivity contribution in [2.75, 3.05) is 6.61 Å². The molecule has 0 aliphatic rings. The quantitative estimate of drug-likeness (QED) is 0.522. The third-order valence-electron chi connectivity index (χ3n) is 2.48. The highest BCUT2D eigenvalue weighted by atomic mass is 19.1. The van der Waals surface area contributed by atoms with E-state index >= 15 is 0 Å². The number of hydrogen-bond donors (Lipinski definition) is 3. The SMILES string of the molecule is C=CCOC(=O)N[C@@H](C)C(=O)NNCc1ccc(F)cc1. The van der Waals surface area contributed by atoms with E-state index in [0.29, 0.717) is 6.54 Å². The Morgan fingerprint density at radius 1 is 1.38 bits per heavy atom. The number of ether oxygens (including phenoxy) is 1. The maximum Gasteiger partial charge on any atom is 0.408 e. The van der Waals surface area contributed by atoms with E-state index in [1.54, 1.807) is 12.1 Å². The van der Waals surface area contributed by atoms with Crippen LogP contribution in [0.4, 0.5) is 9.18 Å². The van der Waals surface area contributed by atoms with Gasteiger partial charge in [0.1, 0.15) is 18.5 Å². The largest absolute Gasteiger partial charge is 0.445 e. The van der Waals surface area contributed by atoms with Crippen LogP contribution in [-0.4, -0.2) is 24.6 Å². The van der Waals surface area contributed by atoms with E-state index < -0.39 is 18.0 Å². The number of amides is 2. The number of carbonyl (C=O) groups is 2. The van der Waals surface area contributed by atoms with Crippen molar-refractivity contribution in [3.05, 3.63) is 48.3 Å². The third kappa shape index (κ3) is 6.53. The fraction of sp³-hybridized carbons (Fsp3) is 0.286. The van der Waals surface area contributed by atoms with Crippen LogP contribution in [0.3, 0.4) is 0 Å². The molecule has 0 saturated carbocycles. The Labute approximate surface area is 122 Å². The van der Waals surface area contributed by atoms with Crippen LogP contribution in [0.2, 0.25) is 0 Å². The van der Waals surface area contributed by atoms with Gasteiger partial charge in [-0.05, 0) is 24.6 Å². The van der Waals surface area contributed by atoms with Gasteiger partial charge in [0, 0.05) is 6.54 Å². The first kappa shape index (κ1) is 16.6. The number of hydrazine groups is 1. The number of alkyl carbamates (subject to hydrolysis) is 1. The van der Waals surface area contributed by atoms with Crippen LogP contribution in [0, 0.1) is 5.82 Å². The van der Waals surface area contributed by atoms with Crippen molar-refractivity contribution in [3.8, 4) is 0 Å². The van der Waals surface area contributed by atoms with Crippen molar-refractivity contribution >= 4 is 12.0 Å². The molecule has 0 aromatic heterocycles. The molecule has 0 spiro atoms. The third-order valence-corrected chi connectivity index (χ3v) is 2.48. The van der Waals surface area contributed by atoms with Gasteiger partial charge in [-0.3, -0.25) is 10.2 Å². The molecule has 1 aromatic carbocycles. The topological polar surface area (TPSA) is 79.5 Å². The van der Waals surface area contributed by atoms with E-state index in [2.05, 4.69) is 22.7 Å². The molecule has 1 aromatic rings. The van der Waals surface area contributed by atoms with Crippen molar-refractivity contribution in [3.63, 3.8) is 0 Å². The number of carbonyl (C=O) groups excluding carboxylic acids is 2. The minimum atomic E-state index is -0.761. The Bertz CT molecular complexity index is 491. The molecular weight excluding hydrogens is 277 g/mol. The summed E-state index contributed by atoms with van der Waals surface area (Å²) in [6.07, 6.45) is 0.727. The monoisotopic (exact) mass is 295 g/mol. The summed E-state index contributed by atoms with van der Waals surface area (Å²) in [5, 5.41) is 2.36. The van der Waals surface area contributed by atoms with Crippen LogP contribution < -0.4 is 16.2 Å². The van der Waals surface area contributed by atoms with Gasteiger partial charge in [-0.1, -0.05) is 24.8 Å². The molecule has 3 N–H and O–H groups in total. The second-order valence-electron chi connectivity index (χ2n) is 4.22. The van der Waals surface area contributed by atoms with Gasteiger partial charge >= 0.3 is 6.09 Å². The molecule has 0 saturated heterocycles. The summed E-state index contributed by atoms with van der Waals surface area (Å²) in [6.45, 7) is 5.33. The molecule has 0 heterocycles. The maximum atomic E-state index is 12.7. The lowest BCUT2D eigenvalue weighted by molar-refractivity contribution is -0.123. The number of halogens is 1. The molecule has 6 nitrogen and oxygen atoms in total. The zero-order valence-corrected chi connectivity index (χ0v) is 11.7. The van der Waals surface area contributed by atoms with Gasteiger partial charge < -0.3 is 10.1 Å². The zero-order valence-electron chi connectivity index (χ0n) is 11.7. The zero-order chi connectivity index (χ0) is 15.7. The van der Waals surface area contributed by atoms with Crippen LogP contribution in [0.25, 0.3) is 0 Å². The van der Waals surface area contributed by atoms with E-state index in [1.165, 1.54) is 25.1 Å². The predicted molar refractivity (Wildman–Crippen MR) is 75.5 cm³/mol. The van der Waals surface area contributed by atoms with Gasteiger partial charge in [-0.2, -0.15) is 0 Å². The Morgan fingerprint density at radius 2 is 2.05 bits per heavy atom. The summed E-state index contributed by atoms with van der Waals surface area (Å²) in [4.78, 5) is 22.9. The minimum Gasteiger partial charge on any atom is -0.445 e. The van der Waals surface area contributed by atoms with E-state index in [1.807, 2.05) is 0 Å². The second-order valence-corrected chi connectivity index (χ2v) is 4.22. The lowest BCUT2D eigenvalue weighted by atomic mass is 10.2. The summed E-state index contributed by atoms with van der Waals surface area (Å²) in [5.74, 6) is -0.744. The summed E-state index contributed by atoms with van der Waals surface area (Å²) in [7, 11) is 0. The Morgan fingerprint density at radius 3 is 2.67 bits per heavy atom. The Balaban J connectivity index is 2.27. The molecular formula is C14H18FN3O3. The first-order valence-corrected chi connectivity index (χ1v) is 6.34. The molecule has 1 rings (SSSR count). The van der Waals surface area contributed by atoms with Crippen LogP contribution in [0.15, 0.2) is 36.9 Å². The number of nitrogens with one attached hydrogen (secondary N) is 3. The summed E-state index contributed by atoms with van der Waals surface area (Å²) in [6, 6.07) is 5.10. The van der Waals surface area contributed by atoms with Crippen LogP contribution in [0.1, 0.15) is 12.5 Å². The van der Waals surface area contributed by atoms with Crippen molar-refractivity contribution < 1.29 is 18.7 Å². The molecule has 0 aliphatic heterocycles. The average molecular weight is 295 g/mol. The Hall–Kier alpha value is -2.41. The molecule has 2 amide bonds. The summed E-state index contributed by atoms with van der Waals surface area (Å²) < 4.78 is 17.4. The fourth-order valence-corrected chi connectivity index (χ4v) is 1.36. The highest BCUT2D eigenvalue weighted by molar-refractivity contribution is 5.84. The van der Waals surface area contributed by atoms with E-state index in [4.69, 9.17) is 4.74 Å². The lowest BCUT2D eigenvalue weighted by Gasteiger charge is -2.14. The van der Waals surface area contributed by atoms with Gasteiger partial charge in [0.05, 0.1) is 0 Å². The van der Waals surface area contributed by atoms with Gasteiger partial charge in [0.25, 0.3) is 5.91 Å². The highest BCUT2D eigenvalue weighted by Gasteiger charge is 2.15. The van der Waals surface area contributed by atoms with Gasteiger partial charge in [0.15, 0.2) is 0 Å². The number of rotatable bonds is 7. The Kier molecular flexibility index (Phi) is 6.90. The van der Waals surface area contributed by atoms with Crippen molar-refractivity contribution in [2.45, 2.75) is 19.5 Å². The van der Waals surface area contributed by atoms with Crippen molar-refractivity contribution in [1.29, 1.82) is 0 Å². The van der Waals surface area contributed by atoms with E-state index in [0.717, 1.165) is 5.56 Å². The molecule has 0 unspecified atom stereocenters. The first-order chi connectivity index (χ1) is 10.0. The average Bonchev–Trinajstić information content (AvgIpc) is 2.47. The first-order valence-electron chi connectivity index (χ1n) is 6.34. The van der Waals surface area contributed by atoms with Gasteiger partial charge in [-0.25, -0.2) is 14.6 Å². The lowest BCUT2D eigenvalue weighted by Crippen LogP contribution is -2.49. The molecule has 114 valence electrons. The molecule has 0 radical (unpaired) electrons. The second kappa shape index (κ2) is 8.70. The maximum absolute atomic E-state index is 12.7. The van der Waals surface area contributed by atoms with Crippen LogP contribution in [0.5, 0.6) is 0 Å². The molecule has 0 fully saturated rings.